The van der Waals surface area contributed by atoms with Crippen LogP contribution in [0.4, 0.5) is 0 Å². The van der Waals surface area contributed by atoms with Gasteiger partial charge in [-0.05, 0) is 68.8 Å². The summed E-state index contributed by atoms with van der Waals surface area (Å²) in [5.74, 6) is -0.180. The molecule has 25 heavy (non-hydrogen) atoms. The lowest BCUT2D eigenvalue weighted by molar-refractivity contribution is 0.0696. The summed E-state index contributed by atoms with van der Waals surface area (Å²) in [6.07, 6.45) is 7.15. The Hall–Kier alpha value is -2.20. The molecule has 2 heterocycles. The number of carboxylic acids is 1. The molecule has 4 heteroatoms. The Morgan fingerprint density at radius 3 is 2.84 bits per heavy atom. The molecule has 1 saturated heterocycles. The van der Waals surface area contributed by atoms with E-state index in [4.69, 9.17) is 5.11 Å². The lowest BCUT2D eigenvalue weighted by atomic mass is 10.0. The summed E-state index contributed by atoms with van der Waals surface area (Å²) in [7, 11) is 0. The zero-order chi connectivity index (χ0) is 17.5. The van der Waals surface area contributed by atoms with Gasteiger partial charge in [0.25, 0.3) is 0 Å². The highest BCUT2D eigenvalue weighted by Crippen LogP contribution is 2.22. The third kappa shape index (κ3) is 5.40. The zero-order valence-electron chi connectivity index (χ0n) is 14.6. The van der Waals surface area contributed by atoms with Crippen LogP contribution in [0.25, 0.3) is 0 Å². The number of pyridine rings is 1. The van der Waals surface area contributed by atoms with Crippen molar-refractivity contribution < 1.29 is 9.90 Å². The van der Waals surface area contributed by atoms with E-state index in [9.17, 15) is 4.79 Å². The molecule has 1 atom stereocenters. The molecule has 0 spiro atoms. The van der Waals surface area contributed by atoms with Gasteiger partial charge in [-0.25, -0.2) is 4.79 Å². The molecule has 1 aliphatic heterocycles. The second-order valence-corrected chi connectivity index (χ2v) is 6.92. The maximum atomic E-state index is 11.0. The smallest absolute Gasteiger partial charge is 0.335 e. The van der Waals surface area contributed by atoms with Crippen LogP contribution in [0.2, 0.25) is 0 Å². The Labute approximate surface area is 149 Å². The Morgan fingerprint density at radius 2 is 2.04 bits per heavy atom. The van der Waals surface area contributed by atoms with Crippen LogP contribution in [0.5, 0.6) is 0 Å². The van der Waals surface area contributed by atoms with Crippen molar-refractivity contribution in [2.75, 3.05) is 19.6 Å². The number of aromatic carboxylic acids is 1. The van der Waals surface area contributed by atoms with E-state index in [1.54, 1.807) is 18.3 Å². The van der Waals surface area contributed by atoms with Crippen LogP contribution in [0.15, 0.2) is 48.7 Å². The molecule has 1 fully saturated rings. The normalized spacial score (nSPS) is 17.7. The number of carboxylic acid groups (broad SMARTS) is 1. The highest BCUT2D eigenvalue weighted by atomic mass is 16.4. The molecule has 0 saturated carbocycles. The van der Waals surface area contributed by atoms with Gasteiger partial charge in [-0.2, -0.15) is 0 Å². The molecule has 4 nitrogen and oxygen atoms in total. The standard InChI is InChI=1S/C21H26N2O2/c24-21(25)19-10-12-22-20(15-19)9-8-18-11-14-23(16-18)13-4-7-17-5-2-1-3-6-17/h1-3,5-6,10,12,15,18H,4,7-9,11,13-14,16H2,(H,24,25)/t18-/m1/s1. The molecule has 0 aliphatic carbocycles. The van der Waals surface area contributed by atoms with Crippen molar-refractivity contribution in [1.29, 1.82) is 0 Å². The number of aromatic nitrogens is 1. The summed E-state index contributed by atoms with van der Waals surface area (Å²) in [5.41, 5.74) is 2.64. The average molecular weight is 338 g/mol. The number of likely N-dealkylation sites (tertiary alicyclic amines) is 1. The summed E-state index contributed by atoms with van der Waals surface area (Å²) in [6.45, 7) is 3.51. The summed E-state index contributed by atoms with van der Waals surface area (Å²) >= 11 is 0. The van der Waals surface area contributed by atoms with Crippen LogP contribution in [0, 0.1) is 5.92 Å². The molecule has 1 N–H and O–H groups in total. The maximum Gasteiger partial charge on any atom is 0.335 e. The highest BCUT2D eigenvalue weighted by Gasteiger charge is 2.21. The van der Waals surface area contributed by atoms with Crippen LogP contribution in [-0.4, -0.2) is 40.6 Å². The predicted molar refractivity (Wildman–Crippen MR) is 98.8 cm³/mol. The van der Waals surface area contributed by atoms with E-state index in [0.717, 1.165) is 38.0 Å². The molecule has 0 bridgehead atoms. The minimum absolute atomic E-state index is 0.332. The summed E-state index contributed by atoms with van der Waals surface area (Å²) in [5, 5.41) is 9.05. The third-order valence-electron chi connectivity index (χ3n) is 5.02. The Bertz CT molecular complexity index is 687. The highest BCUT2D eigenvalue weighted by molar-refractivity contribution is 5.87. The second-order valence-electron chi connectivity index (χ2n) is 6.92. The monoisotopic (exact) mass is 338 g/mol. The van der Waals surface area contributed by atoms with Crippen molar-refractivity contribution in [3.8, 4) is 0 Å². The SMILES string of the molecule is O=C(O)c1ccnc(CC[C@@H]2CCN(CCCc3ccccc3)C2)c1. The Kier molecular flexibility index (Phi) is 6.18. The van der Waals surface area contributed by atoms with Gasteiger partial charge < -0.3 is 10.0 Å². The minimum Gasteiger partial charge on any atom is -0.478 e. The molecule has 132 valence electrons. The number of carbonyl (C=O) groups is 1. The molecule has 0 radical (unpaired) electrons. The summed E-state index contributed by atoms with van der Waals surface area (Å²) in [4.78, 5) is 17.9. The van der Waals surface area contributed by atoms with Crippen LogP contribution in [0.1, 0.15) is 40.9 Å². The van der Waals surface area contributed by atoms with E-state index < -0.39 is 5.97 Å². The molecular formula is C21H26N2O2. The number of nitrogens with zero attached hydrogens (tertiary/aromatic N) is 2. The van der Waals surface area contributed by atoms with Gasteiger partial charge in [-0.3, -0.25) is 4.98 Å². The van der Waals surface area contributed by atoms with E-state index in [1.807, 2.05) is 0 Å². The maximum absolute atomic E-state index is 11.0. The van der Waals surface area contributed by atoms with Crippen molar-refractivity contribution in [2.45, 2.75) is 32.1 Å². The predicted octanol–water partition coefficient (Wildman–Crippen LogP) is 3.67. The summed E-state index contributed by atoms with van der Waals surface area (Å²) < 4.78 is 0. The first kappa shape index (κ1) is 17.6. The second kappa shape index (κ2) is 8.77. The minimum atomic E-state index is -0.880. The van der Waals surface area contributed by atoms with Gasteiger partial charge >= 0.3 is 5.97 Å². The Balaban J connectivity index is 1.38. The van der Waals surface area contributed by atoms with E-state index in [-0.39, 0.29) is 0 Å². The van der Waals surface area contributed by atoms with Crippen molar-refractivity contribution in [3.05, 3.63) is 65.5 Å². The van der Waals surface area contributed by atoms with Crippen LogP contribution < -0.4 is 0 Å². The fourth-order valence-electron chi connectivity index (χ4n) is 3.60. The fraction of sp³-hybridized carbons (Fsp3) is 0.429. The van der Waals surface area contributed by atoms with Crippen molar-refractivity contribution >= 4 is 5.97 Å². The van der Waals surface area contributed by atoms with E-state index in [1.165, 1.54) is 24.9 Å². The third-order valence-corrected chi connectivity index (χ3v) is 5.02. The molecular weight excluding hydrogens is 312 g/mol. The molecule has 3 rings (SSSR count). The van der Waals surface area contributed by atoms with Crippen LogP contribution in [0.3, 0.4) is 0 Å². The molecule has 1 aromatic carbocycles. The zero-order valence-corrected chi connectivity index (χ0v) is 14.6. The average Bonchev–Trinajstić information content (AvgIpc) is 3.09. The largest absolute Gasteiger partial charge is 0.478 e. The van der Waals surface area contributed by atoms with E-state index in [2.05, 4.69) is 40.2 Å². The summed E-state index contributed by atoms with van der Waals surface area (Å²) in [6, 6.07) is 13.9. The van der Waals surface area contributed by atoms with E-state index in [0.29, 0.717) is 11.5 Å². The van der Waals surface area contributed by atoms with Crippen molar-refractivity contribution in [3.63, 3.8) is 0 Å². The number of hydrogen-bond donors (Lipinski definition) is 1. The number of aryl methyl sites for hydroxylation is 2. The lowest BCUT2D eigenvalue weighted by Gasteiger charge is -2.16. The van der Waals surface area contributed by atoms with Gasteiger partial charge in [0.2, 0.25) is 0 Å². The lowest BCUT2D eigenvalue weighted by Crippen LogP contribution is -2.22. The molecule has 1 aliphatic rings. The van der Waals surface area contributed by atoms with Crippen molar-refractivity contribution in [1.82, 2.24) is 9.88 Å². The number of hydrogen-bond acceptors (Lipinski definition) is 3. The van der Waals surface area contributed by atoms with Gasteiger partial charge in [-0.15, -0.1) is 0 Å². The molecule has 0 amide bonds. The van der Waals surface area contributed by atoms with Gasteiger partial charge in [0.05, 0.1) is 5.56 Å². The Morgan fingerprint density at radius 1 is 1.20 bits per heavy atom. The van der Waals surface area contributed by atoms with Crippen LogP contribution in [-0.2, 0) is 12.8 Å². The van der Waals surface area contributed by atoms with Gasteiger partial charge in [-0.1, -0.05) is 30.3 Å². The first-order chi connectivity index (χ1) is 12.2. The van der Waals surface area contributed by atoms with E-state index >= 15 is 0 Å². The number of benzene rings is 1. The quantitative estimate of drug-likeness (QED) is 0.798. The van der Waals surface area contributed by atoms with Gasteiger partial charge in [0.1, 0.15) is 0 Å². The first-order valence-corrected chi connectivity index (χ1v) is 9.15. The molecule has 1 aromatic heterocycles. The van der Waals surface area contributed by atoms with Crippen molar-refractivity contribution in [2.24, 2.45) is 5.92 Å². The topological polar surface area (TPSA) is 53.4 Å². The van der Waals surface area contributed by atoms with Gasteiger partial charge in [0.15, 0.2) is 0 Å². The molecule has 2 aromatic rings. The first-order valence-electron chi connectivity index (χ1n) is 9.15. The van der Waals surface area contributed by atoms with Gasteiger partial charge in [0, 0.05) is 18.4 Å². The fourth-order valence-corrected chi connectivity index (χ4v) is 3.60. The van der Waals surface area contributed by atoms with Crippen LogP contribution >= 0.6 is 0 Å². The number of rotatable bonds is 8. The molecule has 0 unspecified atom stereocenters.